The highest BCUT2D eigenvalue weighted by atomic mass is 19.4. The van der Waals surface area contributed by atoms with E-state index in [4.69, 9.17) is 0 Å². The molecule has 1 aliphatic heterocycles. The van der Waals surface area contributed by atoms with Gasteiger partial charge >= 0.3 is 6.18 Å². The van der Waals surface area contributed by atoms with Crippen LogP contribution in [0.25, 0.3) is 0 Å². The van der Waals surface area contributed by atoms with Gasteiger partial charge in [0.25, 0.3) is 0 Å². The first-order valence-electron chi connectivity index (χ1n) is 13.8. The highest BCUT2D eigenvalue weighted by Crippen LogP contribution is 2.42. The SMILES string of the molecule is CC1=CC(Nc2ncc(C(F)(F)F)c(Nc3cc(C)[nH]n3)n2)=C(C)C[C@H]1C1CCC(N2CCCCC2)CC1. The minimum atomic E-state index is -4.59. The predicted molar refractivity (Wildman–Crippen MR) is 143 cm³/mol. The third-order valence-corrected chi connectivity index (χ3v) is 8.45. The molecule has 0 bridgehead atoms. The van der Waals surface area contributed by atoms with Crippen molar-refractivity contribution in [2.24, 2.45) is 11.8 Å². The van der Waals surface area contributed by atoms with Crippen LogP contribution in [0.3, 0.4) is 0 Å². The average Bonchev–Trinajstić information content (AvgIpc) is 3.30. The number of likely N-dealkylation sites (tertiary alicyclic amines) is 1. The largest absolute Gasteiger partial charge is 0.421 e. The van der Waals surface area contributed by atoms with Crippen molar-refractivity contribution in [2.75, 3.05) is 23.7 Å². The molecule has 7 nitrogen and oxygen atoms in total. The van der Waals surface area contributed by atoms with Crippen molar-refractivity contribution in [3.63, 3.8) is 0 Å². The molecule has 2 fully saturated rings. The van der Waals surface area contributed by atoms with E-state index in [0.717, 1.165) is 30.1 Å². The van der Waals surface area contributed by atoms with E-state index in [9.17, 15) is 13.2 Å². The Bertz CT molecular complexity index is 1190. The number of allylic oxidation sites excluding steroid dienone is 3. The van der Waals surface area contributed by atoms with E-state index in [1.807, 2.05) is 0 Å². The standard InChI is InChI=1S/C28H38F3N7/c1-17-14-24(18(2)13-22(17)20-7-9-21(10-8-20)38-11-5-4-6-12-38)33-27-32-16-23(28(29,30)31)26(35-27)34-25-15-19(3)36-37-25/h14-16,20-22H,4-13H2,1-3H3,(H3,32,33,34,35,36,37)/t20?,21?,22-/m1/s1. The second kappa shape index (κ2) is 11.1. The van der Waals surface area contributed by atoms with Crippen LogP contribution in [0, 0.1) is 18.8 Å². The molecule has 0 spiro atoms. The van der Waals surface area contributed by atoms with Crippen LogP contribution in [-0.2, 0) is 6.18 Å². The molecule has 1 atom stereocenters. The molecule has 0 aromatic carbocycles. The van der Waals surface area contributed by atoms with Crippen molar-refractivity contribution >= 4 is 17.6 Å². The number of aromatic nitrogens is 4. The van der Waals surface area contributed by atoms with E-state index < -0.39 is 11.7 Å². The van der Waals surface area contributed by atoms with Gasteiger partial charge in [-0.1, -0.05) is 12.0 Å². The van der Waals surface area contributed by atoms with E-state index >= 15 is 0 Å². The molecule has 206 valence electrons. The van der Waals surface area contributed by atoms with Crippen molar-refractivity contribution in [2.45, 2.75) is 84.4 Å². The number of rotatable bonds is 6. The molecule has 0 radical (unpaired) electrons. The fourth-order valence-electron chi connectivity index (χ4n) is 6.36. The summed E-state index contributed by atoms with van der Waals surface area (Å²) in [6, 6.07) is 2.37. The van der Waals surface area contributed by atoms with Crippen LogP contribution in [0.1, 0.15) is 76.5 Å². The zero-order chi connectivity index (χ0) is 26.9. The summed E-state index contributed by atoms with van der Waals surface area (Å²) in [7, 11) is 0. The summed E-state index contributed by atoms with van der Waals surface area (Å²) in [5, 5.41) is 12.6. The number of hydrogen-bond donors (Lipinski definition) is 3. The Morgan fingerprint density at radius 3 is 2.39 bits per heavy atom. The molecule has 0 unspecified atom stereocenters. The van der Waals surface area contributed by atoms with E-state index in [-0.39, 0.29) is 17.6 Å². The highest BCUT2D eigenvalue weighted by molar-refractivity contribution is 5.59. The van der Waals surface area contributed by atoms with Crippen LogP contribution >= 0.6 is 0 Å². The molecule has 10 heteroatoms. The topological polar surface area (TPSA) is 81.8 Å². The maximum atomic E-state index is 13.6. The highest BCUT2D eigenvalue weighted by Gasteiger charge is 2.36. The first kappa shape index (κ1) is 26.7. The molecule has 0 amide bonds. The Hall–Kier alpha value is -2.88. The van der Waals surface area contributed by atoms with Gasteiger partial charge in [-0.05, 0) is 102 Å². The maximum absolute atomic E-state index is 13.6. The lowest BCUT2D eigenvalue weighted by atomic mass is 9.71. The summed E-state index contributed by atoms with van der Waals surface area (Å²) < 4.78 is 40.9. The second-order valence-corrected chi connectivity index (χ2v) is 11.2. The zero-order valence-corrected chi connectivity index (χ0v) is 22.5. The van der Waals surface area contributed by atoms with Gasteiger partial charge in [-0.2, -0.15) is 23.3 Å². The van der Waals surface area contributed by atoms with Crippen LogP contribution in [0.2, 0.25) is 0 Å². The number of alkyl halides is 3. The van der Waals surface area contributed by atoms with E-state index in [2.05, 4.69) is 55.6 Å². The minimum Gasteiger partial charge on any atom is -0.324 e. The van der Waals surface area contributed by atoms with Crippen molar-refractivity contribution < 1.29 is 13.2 Å². The van der Waals surface area contributed by atoms with E-state index in [1.54, 1.807) is 13.0 Å². The zero-order valence-electron chi connectivity index (χ0n) is 22.5. The number of anilines is 3. The number of H-pyrrole nitrogens is 1. The fourth-order valence-corrected chi connectivity index (χ4v) is 6.36. The van der Waals surface area contributed by atoms with Crippen LogP contribution < -0.4 is 10.6 Å². The summed E-state index contributed by atoms with van der Waals surface area (Å²) in [5.41, 5.74) is 3.15. The average molecular weight is 530 g/mol. The quantitative estimate of drug-likeness (QED) is 0.375. The van der Waals surface area contributed by atoms with Gasteiger partial charge in [-0.25, -0.2) is 4.98 Å². The third-order valence-electron chi connectivity index (χ3n) is 8.45. The lowest BCUT2D eigenvalue weighted by molar-refractivity contribution is -0.137. The number of nitrogens with one attached hydrogen (secondary N) is 3. The Kier molecular flexibility index (Phi) is 7.79. The van der Waals surface area contributed by atoms with Gasteiger partial charge in [0, 0.05) is 29.7 Å². The first-order chi connectivity index (χ1) is 18.2. The monoisotopic (exact) mass is 529 g/mol. The van der Waals surface area contributed by atoms with Gasteiger partial charge < -0.3 is 15.5 Å². The van der Waals surface area contributed by atoms with Crippen molar-refractivity contribution in [1.82, 2.24) is 25.1 Å². The summed E-state index contributed by atoms with van der Waals surface area (Å²) >= 11 is 0. The fraction of sp³-hybridized carbons (Fsp3) is 0.607. The lowest BCUT2D eigenvalue weighted by Crippen LogP contribution is -2.42. The van der Waals surface area contributed by atoms with Crippen LogP contribution in [-0.4, -0.2) is 44.2 Å². The maximum Gasteiger partial charge on any atom is 0.421 e. The summed E-state index contributed by atoms with van der Waals surface area (Å²) in [6.07, 6.45) is 8.44. The van der Waals surface area contributed by atoms with Gasteiger partial charge in [-0.15, -0.1) is 0 Å². The summed E-state index contributed by atoms with van der Waals surface area (Å²) in [4.78, 5) is 10.9. The summed E-state index contributed by atoms with van der Waals surface area (Å²) in [5.74, 6) is 1.24. The van der Waals surface area contributed by atoms with Crippen LogP contribution in [0.4, 0.5) is 30.8 Å². The Morgan fingerprint density at radius 2 is 1.74 bits per heavy atom. The van der Waals surface area contributed by atoms with E-state index in [0.29, 0.717) is 11.8 Å². The predicted octanol–water partition coefficient (Wildman–Crippen LogP) is 6.97. The number of hydrogen-bond acceptors (Lipinski definition) is 6. The smallest absolute Gasteiger partial charge is 0.324 e. The Labute approximate surface area is 222 Å². The summed E-state index contributed by atoms with van der Waals surface area (Å²) in [6.45, 7) is 8.57. The number of aryl methyl sites for hydroxylation is 1. The second-order valence-electron chi connectivity index (χ2n) is 11.2. The van der Waals surface area contributed by atoms with Crippen molar-refractivity contribution in [1.29, 1.82) is 0 Å². The molecule has 3 heterocycles. The molecule has 3 N–H and O–H groups in total. The van der Waals surface area contributed by atoms with Gasteiger partial charge in [0.2, 0.25) is 5.95 Å². The molecule has 3 aliphatic rings. The number of piperidine rings is 1. The Balaban J connectivity index is 1.26. The lowest BCUT2D eigenvalue weighted by Gasteiger charge is -2.41. The van der Waals surface area contributed by atoms with Gasteiger partial charge in [0.05, 0.1) is 0 Å². The van der Waals surface area contributed by atoms with Crippen LogP contribution in [0.5, 0.6) is 0 Å². The van der Waals surface area contributed by atoms with Gasteiger partial charge in [0.15, 0.2) is 5.82 Å². The molecular formula is C28H38F3N7. The van der Waals surface area contributed by atoms with Gasteiger partial charge in [-0.3, -0.25) is 5.10 Å². The van der Waals surface area contributed by atoms with Gasteiger partial charge in [0.1, 0.15) is 11.4 Å². The van der Waals surface area contributed by atoms with Crippen molar-refractivity contribution in [3.05, 3.63) is 46.4 Å². The molecule has 1 saturated carbocycles. The Morgan fingerprint density at radius 1 is 1.00 bits per heavy atom. The third kappa shape index (κ3) is 6.06. The first-order valence-corrected chi connectivity index (χ1v) is 13.8. The molecular weight excluding hydrogens is 491 g/mol. The normalized spacial score (nSPS) is 25.3. The molecule has 38 heavy (non-hydrogen) atoms. The van der Waals surface area contributed by atoms with E-state index in [1.165, 1.54) is 69.2 Å². The molecule has 2 aliphatic carbocycles. The minimum absolute atomic E-state index is 0.117. The van der Waals surface area contributed by atoms with Crippen LogP contribution in [0.15, 0.2) is 35.2 Å². The molecule has 2 aromatic rings. The number of halogens is 3. The van der Waals surface area contributed by atoms with Crippen molar-refractivity contribution in [3.8, 4) is 0 Å². The number of nitrogens with zero attached hydrogens (tertiary/aromatic N) is 4. The molecule has 2 aromatic heterocycles. The molecule has 1 saturated heterocycles. The molecule has 5 rings (SSSR count). The number of aromatic amines is 1.